The van der Waals surface area contributed by atoms with Gasteiger partial charge in [-0.15, -0.1) is 0 Å². The summed E-state index contributed by atoms with van der Waals surface area (Å²) < 4.78 is 11.5. The molecule has 0 aromatic heterocycles. The molecule has 0 bridgehead atoms. The average molecular weight is 396 g/mol. The highest BCUT2D eigenvalue weighted by atomic mass is 16.5. The lowest BCUT2D eigenvalue weighted by atomic mass is 9.85. The predicted molar refractivity (Wildman–Crippen MR) is 118 cm³/mol. The second-order valence-electron chi connectivity index (χ2n) is 8.87. The first-order valence-electron chi connectivity index (χ1n) is 10.4. The van der Waals surface area contributed by atoms with Gasteiger partial charge in [-0.2, -0.15) is 0 Å². The van der Waals surface area contributed by atoms with Gasteiger partial charge in [0.05, 0.1) is 19.1 Å². The number of nitrogens with zero attached hydrogens (tertiary/aromatic N) is 1. The van der Waals surface area contributed by atoms with Crippen molar-refractivity contribution in [3.8, 4) is 11.5 Å². The number of hydrogen-bond acceptors (Lipinski definition) is 3. The van der Waals surface area contributed by atoms with Crippen molar-refractivity contribution < 1.29 is 14.3 Å². The Balaban J connectivity index is 1.69. The summed E-state index contributed by atoms with van der Waals surface area (Å²) in [4.78, 5) is 14.3. The number of benzene rings is 2. The second kappa shape index (κ2) is 8.10. The maximum absolute atomic E-state index is 12.5. The van der Waals surface area contributed by atoms with Crippen LogP contribution in [0.2, 0.25) is 0 Å². The summed E-state index contributed by atoms with van der Waals surface area (Å²) >= 11 is 0. The third-order valence-electron chi connectivity index (χ3n) is 6.13. The number of amides is 1. The van der Waals surface area contributed by atoms with E-state index in [0.717, 1.165) is 29.2 Å². The molecular formula is C25H33NO3. The highest BCUT2D eigenvalue weighted by Crippen LogP contribution is 2.42. The second-order valence-corrected chi connectivity index (χ2v) is 8.87. The molecule has 156 valence electrons. The number of fused-ring (bicyclic) bond motifs is 1. The number of anilines is 1. The molecule has 0 aliphatic carbocycles. The summed E-state index contributed by atoms with van der Waals surface area (Å²) in [5.74, 6) is 2.48. The molecule has 1 amide bonds. The smallest absolute Gasteiger partial charge is 0.236 e. The van der Waals surface area contributed by atoms with Crippen LogP contribution in [0.4, 0.5) is 5.69 Å². The SMILES string of the molecule is COc1ccc(C(C)C)cc1OCCC(C)c1ccc2c(c1)N(C)C(=O)C2(C)C. The van der Waals surface area contributed by atoms with Crippen LogP contribution < -0.4 is 14.4 Å². The number of carbonyl (C=O) groups excluding carboxylic acids is 1. The van der Waals surface area contributed by atoms with Gasteiger partial charge in [0, 0.05) is 12.7 Å². The molecule has 1 aliphatic rings. The van der Waals surface area contributed by atoms with E-state index in [4.69, 9.17) is 9.47 Å². The largest absolute Gasteiger partial charge is 0.493 e. The Hall–Kier alpha value is -2.49. The number of ether oxygens (including phenoxy) is 2. The minimum Gasteiger partial charge on any atom is -0.493 e. The van der Waals surface area contributed by atoms with E-state index in [9.17, 15) is 4.79 Å². The summed E-state index contributed by atoms with van der Waals surface area (Å²) in [7, 11) is 3.53. The molecule has 4 nitrogen and oxygen atoms in total. The molecule has 0 fully saturated rings. The van der Waals surface area contributed by atoms with Gasteiger partial charge in [0.15, 0.2) is 11.5 Å². The van der Waals surface area contributed by atoms with E-state index in [1.54, 1.807) is 12.0 Å². The molecule has 1 heterocycles. The van der Waals surface area contributed by atoms with Crippen molar-refractivity contribution in [2.45, 2.75) is 58.3 Å². The zero-order valence-electron chi connectivity index (χ0n) is 18.7. The molecule has 2 aromatic carbocycles. The van der Waals surface area contributed by atoms with Crippen molar-refractivity contribution in [2.24, 2.45) is 0 Å². The van der Waals surface area contributed by atoms with Gasteiger partial charge in [-0.05, 0) is 67.0 Å². The Morgan fingerprint density at radius 1 is 1.00 bits per heavy atom. The first-order valence-corrected chi connectivity index (χ1v) is 10.4. The van der Waals surface area contributed by atoms with Crippen molar-refractivity contribution in [3.05, 3.63) is 53.1 Å². The van der Waals surface area contributed by atoms with Crippen molar-refractivity contribution in [1.82, 2.24) is 0 Å². The molecule has 0 radical (unpaired) electrons. The average Bonchev–Trinajstić information content (AvgIpc) is 2.87. The van der Waals surface area contributed by atoms with E-state index >= 15 is 0 Å². The number of rotatable bonds is 7. The van der Waals surface area contributed by atoms with Gasteiger partial charge in [-0.25, -0.2) is 0 Å². The van der Waals surface area contributed by atoms with Crippen LogP contribution in [0.1, 0.15) is 69.6 Å². The molecule has 1 aliphatic heterocycles. The van der Waals surface area contributed by atoms with Crippen LogP contribution in [0.3, 0.4) is 0 Å². The van der Waals surface area contributed by atoms with Gasteiger partial charge in [-0.1, -0.05) is 39.0 Å². The lowest BCUT2D eigenvalue weighted by Gasteiger charge is -2.18. The summed E-state index contributed by atoms with van der Waals surface area (Å²) in [5, 5.41) is 0. The molecule has 4 heteroatoms. The van der Waals surface area contributed by atoms with Crippen LogP contribution in [0, 0.1) is 0 Å². The quantitative estimate of drug-likeness (QED) is 0.608. The molecule has 1 unspecified atom stereocenters. The first-order chi connectivity index (χ1) is 13.7. The number of carbonyl (C=O) groups is 1. The Morgan fingerprint density at radius 2 is 1.69 bits per heavy atom. The summed E-state index contributed by atoms with van der Waals surface area (Å²) in [6, 6.07) is 12.6. The Morgan fingerprint density at radius 3 is 2.34 bits per heavy atom. The van der Waals surface area contributed by atoms with Crippen LogP contribution in [-0.2, 0) is 10.2 Å². The third-order valence-corrected chi connectivity index (χ3v) is 6.13. The van der Waals surface area contributed by atoms with E-state index in [2.05, 4.69) is 51.1 Å². The molecule has 0 saturated heterocycles. The summed E-state index contributed by atoms with van der Waals surface area (Å²) in [6.07, 6.45) is 0.884. The molecule has 0 saturated carbocycles. The maximum atomic E-state index is 12.5. The van der Waals surface area contributed by atoms with Gasteiger partial charge in [0.1, 0.15) is 0 Å². The minimum atomic E-state index is -0.451. The topological polar surface area (TPSA) is 38.8 Å². The van der Waals surface area contributed by atoms with Crippen LogP contribution in [0.25, 0.3) is 0 Å². The van der Waals surface area contributed by atoms with E-state index < -0.39 is 5.41 Å². The van der Waals surface area contributed by atoms with Gasteiger partial charge in [-0.3, -0.25) is 4.79 Å². The molecule has 2 aromatic rings. The molecular weight excluding hydrogens is 362 g/mol. The Bertz CT molecular complexity index is 901. The van der Waals surface area contributed by atoms with E-state index in [-0.39, 0.29) is 5.91 Å². The van der Waals surface area contributed by atoms with Crippen molar-refractivity contribution in [1.29, 1.82) is 0 Å². The molecule has 0 N–H and O–H groups in total. The van der Waals surface area contributed by atoms with Crippen LogP contribution in [-0.4, -0.2) is 26.7 Å². The van der Waals surface area contributed by atoms with Crippen LogP contribution >= 0.6 is 0 Å². The normalized spacial score (nSPS) is 16.1. The predicted octanol–water partition coefficient (Wildman–Crippen LogP) is 5.65. The fourth-order valence-electron chi connectivity index (χ4n) is 3.98. The van der Waals surface area contributed by atoms with E-state index in [0.29, 0.717) is 18.4 Å². The van der Waals surface area contributed by atoms with Gasteiger partial charge >= 0.3 is 0 Å². The molecule has 1 atom stereocenters. The molecule has 29 heavy (non-hydrogen) atoms. The van der Waals surface area contributed by atoms with Crippen molar-refractivity contribution in [3.63, 3.8) is 0 Å². The highest BCUT2D eigenvalue weighted by Gasteiger charge is 2.42. The molecule has 0 spiro atoms. The van der Waals surface area contributed by atoms with Gasteiger partial charge in [0.2, 0.25) is 5.91 Å². The minimum absolute atomic E-state index is 0.151. The maximum Gasteiger partial charge on any atom is 0.236 e. The van der Waals surface area contributed by atoms with Crippen molar-refractivity contribution in [2.75, 3.05) is 25.7 Å². The zero-order chi connectivity index (χ0) is 21.3. The summed E-state index contributed by atoms with van der Waals surface area (Å²) in [5.41, 5.74) is 4.15. The standard InChI is InChI=1S/C25H33NO3/c1-16(2)18-9-11-22(28-7)23(15-18)29-13-12-17(3)19-8-10-20-21(14-19)26(6)24(27)25(20,4)5/h8-11,14-17H,12-13H2,1-7H3. The van der Waals surface area contributed by atoms with Crippen LogP contribution in [0.5, 0.6) is 11.5 Å². The van der Waals surface area contributed by atoms with E-state index in [1.165, 1.54) is 11.1 Å². The fraction of sp³-hybridized carbons (Fsp3) is 0.480. The Kier molecular flexibility index (Phi) is 5.92. The lowest BCUT2D eigenvalue weighted by Crippen LogP contribution is -2.33. The number of methoxy groups -OCH3 is 1. The Labute approximate surface area is 174 Å². The monoisotopic (exact) mass is 395 g/mol. The van der Waals surface area contributed by atoms with E-state index in [1.807, 2.05) is 27.0 Å². The van der Waals surface area contributed by atoms with Gasteiger partial charge in [0.25, 0.3) is 0 Å². The molecule has 3 rings (SSSR count). The zero-order valence-corrected chi connectivity index (χ0v) is 18.7. The first kappa shape index (κ1) is 21.2. The van der Waals surface area contributed by atoms with Gasteiger partial charge < -0.3 is 14.4 Å². The fourth-order valence-corrected chi connectivity index (χ4v) is 3.98. The van der Waals surface area contributed by atoms with Crippen molar-refractivity contribution >= 4 is 11.6 Å². The van der Waals surface area contributed by atoms with Crippen LogP contribution in [0.15, 0.2) is 36.4 Å². The lowest BCUT2D eigenvalue weighted by molar-refractivity contribution is -0.121. The number of hydrogen-bond donors (Lipinski definition) is 0. The summed E-state index contributed by atoms with van der Waals surface area (Å²) in [6.45, 7) is 11.1. The highest BCUT2D eigenvalue weighted by molar-refractivity contribution is 6.07. The third kappa shape index (κ3) is 3.98. The number of likely N-dealkylation sites (N-methyl/N-ethyl adjacent to an activating group) is 1.